The lowest BCUT2D eigenvalue weighted by Crippen LogP contribution is -2.41. The van der Waals surface area contributed by atoms with Gasteiger partial charge in [-0.1, -0.05) is 28.8 Å². The van der Waals surface area contributed by atoms with E-state index in [1.807, 2.05) is 23.1 Å². The SMILES string of the molecule is O=C(NCCC(=O)N1CCCCCC1)NC1CCOc2ccc(Br)cc21. The third-order valence-electron chi connectivity index (χ3n) is 4.90. The molecule has 142 valence electrons. The number of amides is 3. The summed E-state index contributed by atoms with van der Waals surface area (Å²) in [6.45, 7) is 2.63. The maximum atomic E-state index is 12.3. The second kappa shape index (κ2) is 9.26. The van der Waals surface area contributed by atoms with E-state index in [0.717, 1.165) is 48.1 Å². The van der Waals surface area contributed by atoms with Crippen molar-refractivity contribution in [2.75, 3.05) is 26.2 Å². The summed E-state index contributed by atoms with van der Waals surface area (Å²) < 4.78 is 6.59. The van der Waals surface area contributed by atoms with Crippen molar-refractivity contribution in [1.82, 2.24) is 15.5 Å². The molecule has 2 heterocycles. The van der Waals surface area contributed by atoms with Crippen LogP contribution in [0, 0.1) is 0 Å². The number of carbonyl (C=O) groups is 2. The second-order valence-electron chi connectivity index (χ2n) is 6.82. The number of nitrogens with zero attached hydrogens (tertiary/aromatic N) is 1. The van der Waals surface area contributed by atoms with E-state index in [0.29, 0.717) is 19.6 Å². The summed E-state index contributed by atoms with van der Waals surface area (Å²) in [4.78, 5) is 26.4. The first-order chi connectivity index (χ1) is 12.6. The zero-order chi connectivity index (χ0) is 18.4. The number of likely N-dealkylation sites (tertiary alicyclic amines) is 1. The highest BCUT2D eigenvalue weighted by atomic mass is 79.9. The van der Waals surface area contributed by atoms with Crippen molar-refractivity contribution in [3.8, 4) is 5.75 Å². The Kier molecular flexibility index (Phi) is 6.77. The predicted octanol–water partition coefficient (Wildman–Crippen LogP) is 3.36. The van der Waals surface area contributed by atoms with E-state index in [1.54, 1.807) is 0 Å². The number of ether oxygens (including phenoxy) is 1. The summed E-state index contributed by atoms with van der Waals surface area (Å²) in [5.74, 6) is 0.939. The molecule has 2 aliphatic rings. The van der Waals surface area contributed by atoms with E-state index in [4.69, 9.17) is 4.74 Å². The smallest absolute Gasteiger partial charge is 0.315 e. The van der Waals surface area contributed by atoms with Crippen molar-refractivity contribution in [1.29, 1.82) is 0 Å². The molecule has 1 fully saturated rings. The molecule has 1 unspecified atom stereocenters. The standard InChI is InChI=1S/C19H26BrN3O3/c20-14-5-6-17-15(13-14)16(8-12-26-17)22-19(25)21-9-7-18(24)23-10-3-1-2-4-11-23/h5-6,13,16H,1-4,7-12H2,(H2,21,22,25). The van der Waals surface area contributed by atoms with Crippen molar-refractivity contribution in [2.24, 2.45) is 0 Å². The zero-order valence-electron chi connectivity index (χ0n) is 14.9. The van der Waals surface area contributed by atoms with Gasteiger partial charge in [0.25, 0.3) is 0 Å². The quantitative estimate of drug-likeness (QED) is 0.779. The van der Waals surface area contributed by atoms with Crippen molar-refractivity contribution in [2.45, 2.75) is 44.6 Å². The number of rotatable bonds is 4. The Hall–Kier alpha value is -1.76. The van der Waals surface area contributed by atoms with E-state index in [9.17, 15) is 9.59 Å². The van der Waals surface area contributed by atoms with E-state index in [-0.39, 0.29) is 18.0 Å². The van der Waals surface area contributed by atoms with Crippen molar-refractivity contribution < 1.29 is 14.3 Å². The maximum Gasteiger partial charge on any atom is 0.315 e. The molecule has 1 aromatic carbocycles. The molecule has 3 amide bonds. The number of hydrogen-bond acceptors (Lipinski definition) is 3. The Labute approximate surface area is 162 Å². The normalized spacial score (nSPS) is 19.7. The molecular weight excluding hydrogens is 398 g/mol. The van der Waals surface area contributed by atoms with Gasteiger partial charge < -0.3 is 20.3 Å². The predicted molar refractivity (Wildman–Crippen MR) is 103 cm³/mol. The first-order valence-corrected chi connectivity index (χ1v) is 10.2. The fourth-order valence-corrected chi connectivity index (χ4v) is 3.86. The van der Waals surface area contributed by atoms with Crippen LogP contribution < -0.4 is 15.4 Å². The average molecular weight is 424 g/mol. The average Bonchev–Trinajstić information content (AvgIpc) is 2.91. The summed E-state index contributed by atoms with van der Waals surface area (Å²) in [5, 5.41) is 5.80. The van der Waals surface area contributed by atoms with Gasteiger partial charge in [0.2, 0.25) is 5.91 Å². The summed E-state index contributed by atoms with van der Waals surface area (Å²) in [7, 11) is 0. The van der Waals surface area contributed by atoms with Gasteiger partial charge in [-0.05, 0) is 31.0 Å². The third-order valence-corrected chi connectivity index (χ3v) is 5.39. The molecule has 3 rings (SSSR count). The monoisotopic (exact) mass is 423 g/mol. The molecule has 2 aliphatic heterocycles. The highest BCUT2D eigenvalue weighted by Gasteiger charge is 2.23. The minimum Gasteiger partial charge on any atom is -0.493 e. The van der Waals surface area contributed by atoms with Crippen LogP contribution in [0.3, 0.4) is 0 Å². The van der Waals surface area contributed by atoms with Gasteiger partial charge in [0.1, 0.15) is 5.75 Å². The zero-order valence-corrected chi connectivity index (χ0v) is 16.5. The third kappa shape index (κ3) is 5.13. The Morgan fingerprint density at radius 2 is 1.96 bits per heavy atom. The van der Waals surface area contributed by atoms with E-state index >= 15 is 0 Å². The Morgan fingerprint density at radius 3 is 2.73 bits per heavy atom. The molecule has 0 aromatic heterocycles. The number of benzene rings is 1. The van der Waals surface area contributed by atoms with E-state index in [2.05, 4.69) is 26.6 Å². The van der Waals surface area contributed by atoms with Crippen LogP contribution in [0.15, 0.2) is 22.7 Å². The van der Waals surface area contributed by atoms with Crippen LogP contribution in [0.1, 0.15) is 50.1 Å². The molecule has 7 heteroatoms. The van der Waals surface area contributed by atoms with Gasteiger partial charge in [0.05, 0.1) is 12.6 Å². The summed E-state index contributed by atoms with van der Waals surface area (Å²) in [5.41, 5.74) is 0.974. The lowest BCUT2D eigenvalue weighted by Gasteiger charge is -2.27. The molecule has 6 nitrogen and oxygen atoms in total. The van der Waals surface area contributed by atoms with Gasteiger partial charge in [0.15, 0.2) is 0 Å². The Morgan fingerprint density at radius 1 is 1.19 bits per heavy atom. The Balaban J connectivity index is 1.45. The van der Waals surface area contributed by atoms with Crippen LogP contribution in [-0.2, 0) is 4.79 Å². The van der Waals surface area contributed by atoms with E-state index in [1.165, 1.54) is 12.8 Å². The lowest BCUT2D eigenvalue weighted by atomic mass is 10.0. The lowest BCUT2D eigenvalue weighted by molar-refractivity contribution is -0.131. The van der Waals surface area contributed by atoms with Gasteiger partial charge >= 0.3 is 6.03 Å². The van der Waals surface area contributed by atoms with Gasteiger partial charge in [-0.2, -0.15) is 0 Å². The number of carbonyl (C=O) groups excluding carboxylic acids is 2. The molecule has 0 bridgehead atoms. The highest BCUT2D eigenvalue weighted by molar-refractivity contribution is 9.10. The molecule has 0 spiro atoms. The van der Waals surface area contributed by atoms with E-state index < -0.39 is 0 Å². The van der Waals surface area contributed by atoms with Gasteiger partial charge in [0, 0.05) is 42.5 Å². The number of hydrogen-bond donors (Lipinski definition) is 2. The van der Waals surface area contributed by atoms with Gasteiger partial charge in [-0.25, -0.2) is 4.79 Å². The molecule has 0 aliphatic carbocycles. The van der Waals surface area contributed by atoms with Gasteiger partial charge in [-0.15, -0.1) is 0 Å². The van der Waals surface area contributed by atoms with Gasteiger partial charge in [-0.3, -0.25) is 4.79 Å². The topological polar surface area (TPSA) is 70.7 Å². The number of halogens is 1. The minimum absolute atomic E-state index is 0.0856. The van der Waals surface area contributed by atoms with Crippen LogP contribution >= 0.6 is 15.9 Å². The van der Waals surface area contributed by atoms with Crippen LogP contribution in [0.2, 0.25) is 0 Å². The van der Waals surface area contributed by atoms with Crippen LogP contribution in [0.4, 0.5) is 4.79 Å². The number of urea groups is 1. The maximum absolute atomic E-state index is 12.3. The molecule has 2 N–H and O–H groups in total. The minimum atomic E-state index is -0.244. The molecule has 1 atom stereocenters. The summed E-state index contributed by atoms with van der Waals surface area (Å²) in [6.07, 6.45) is 5.64. The molecule has 1 saturated heterocycles. The fraction of sp³-hybridized carbons (Fsp3) is 0.579. The molecule has 0 saturated carbocycles. The fourth-order valence-electron chi connectivity index (χ4n) is 3.49. The van der Waals surface area contributed by atoms with Crippen molar-refractivity contribution in [3.05, 3.63) is 28.2 Å². The first-order valence-electron chi connectivity index (χ1n) is 9.38. The summed E-state index contributed by atoms with van der Waals surface area (Å²) >= 11 is 3.46. The van der Waals surface area contributed by atoms with Crippen LogP contribution in [0.25, 0.3) is 0 Å². The second-order valence-corrected chi connectivity index (χ2v) is 7.73. The summed E-state index contributed by atoms with van der Waals surface area (Å²) in [6, 6.07) is 5.48. The van der Waals surface area contributed by atoms with Crippen LogP contribution in [-0.4, -0.2) is 43.1 Å². The van der Waals surface area contributed by atoms with Crippen molar-refractivity contribution >= 4 is 27.9 Å². The molecular formula is C19H26BrN3O3. The Bertz CT molecular complexity index is 645. The molecule has 26 heavy (non-hydrogen) atoms. The van der Waals surface area contributed by atoms with Crippen molar-refractivity contribution in [3.63, 3.8) is 0 Å². The number of fused-ring (bicyclic) bond motifs is 1. The molecule has 0 radical (unpaired) electrons. The largest absolute Gasteiger partial charge is 0.493 e. The number of nitrogens with one attached hydrogen (secondary N) is 2. The first kappa shape index (κ1) is 19.0. The van der Waals surface area contributed by atoms with Crippen LogP contribution in [0.5, 0.6) is 5.75 Å². The highest BCUT2D eigenvalue weighted by Crippen LogP contribution is 2.33. The molecule has 1 aromatic rings.